The Labute approximate surface area is 316 Å². The van der Waals surface area contributed by atoms with Crippen molar-refractivity contribution in [1.82, 2.24) is 20.9 Å². The number of carbonyl (C=O) groups is 6. The summed E-state index contributed by atoms with van der Waals surface area (Å²) < 4.78 is 16.0. The largest absolute Gasteiger partial charge is 0.461 e. The monoisotopic (exact) mass is 745 g/mol. The minimum atomic E-state index is -1.49. The van der Waals surface area contributed by atoms with Gasteiger partial charge in [-0.3, -0.25) is 19.2 Å². The van der Waals surface area contributed by atoms with Crippen LogP contribution >= 0.6 is 0 Å². The molecule has 0 aliphatic heterocycles. The highest BCUT2D eigenvalue weighted by Crippen LogP contribution is 2.14. The van der Waals surface area contributed by atoms with E-state index in [1.54, 1.807) is 69.3 Å². The van der Waals surface area contributed by atoms with Crippen LogP contribution in [0.15, 0.2) is 91.0 Å². The molecule has 3 atom stereocenters. The Balaban J connectivity index is 1.73. The minimum absolute atomic E-state index is 0.0705. The maximum absolute atomic E-state index is 14.0. The molecule has 54 heavy (non-hydrogen) atoms. The standard InChI is InChI=1S/C40H51N5O9/c1-40(2,3)54-39(51)44-31(22-14-15-23-42-38(50)53-27-30-20-12-7-13-21-30)36(48)43-32(25-34(46)52-26-29-18-10-6-11-19-29)37(49)45(4)33(35(41)47)24-28-16-8-5-9-17-28/h5-13,16-21,31-33H,14-15,22-27H2,1-4H3,(H2,41,47)(H,42,50)(H,43,48)(H,44,51)/t31-,32+,33-/m0/s1. The number of alkyl carbamates (subject to hydrolysis) is 2. The molecular formula is C40H51N5O9. The lowest BCUT2D eigenvalue weighted by Crippen LogP contribution is -2.57. The van der Waals surface area contributed by atoms with Crippen LogP contribution in [0.5, 0.6) is 0 Å². The number of unbranched alkanes of at least 4 members (excludes halogenated alkanes) is 1. The van der Waals surface area contributed by atoms with Crippen molar-refractivity contribution in [3.05, 3.63) is 108 Å². The first-order valence-electron chi connectivity index (χ1n) is 17.8. The molecule has 0 heterocycles. The van der Waals surface area contributed by atoms with Crippen LogP contribution in [0.1, 0.15) is 63.1 Å². The van der Waals surface area contributed by atoms with Gasteiger partial charge in [-0.05, 0) is 56.7 Å². The Hall–Kier alpha value is -5.92. The third-order valence-corrected chi connectivity index (χ3v) is 8.05. The zero-order valence-corrected chi connectivity index (χ0v) is 31.2. The second kappa shape index (κ2) is 21.6. The van der Waals surface area contributed by atoms with E-state index < -0.39 is 66.0 Å². The molecule has 3 rings (SSSR count). The minimum Gasteiger partial charge on any atom is -0.461 e. The molecule has 5 amide bonds. The lowest BCUT2D eigenvalue weighted by atomic mass is 10.0. The van der Waals surface area contributed by atoms with Crippen LogP contribution in [0.25, 0.3) is 0 Å². The fourth-order valence-corrected chi connectivity index (χ4v) is 5.26. The van der Waals surface area contributed by atoms with E-state index in [9.17, 15) is 28.8 Å². The number of benzene rings is 3. The fourth-order valence-electron chi connectivity index (χ4n) is 5.26. The van der Waals surface area contributed by atoms with Crippen molar-refractivity contribution >= 4 is 35.9 Å². The normalized spacial score (nSPS) is 12.6. The number of nitrogens with one attached hydrogen (secondary N) is 3. The molecule has 0 aromatic heterocycles. The highest BCUT2D eigenvalue weighted by Gasteiger charge is 2.35. The summed E-state index contributed by atoms with van der Waals surface area (Å²) >= 11 is 0. The molecule has 3 aromatic rings. The molecule has 0 bridgehead atoms. The molecule has 3 aromatic carbocycles. The van der Waals surface area contributed by atoms with Gasteiger partial charge < -0.3 is 40.8 Å². The number of primary amides is 1. The second-order valence-electron chi connectivity index (χ2n) is 13.7. The Morgan fingerprint density at radius 3 is 1.78 bits per heavy atom. The van der Waals surface area contributed by atoms with E-state index >= 15 is 0 Å². The Morgan fingerprint density at radius 2 is 1.24 bits per heavy atom. The molecule has 0 saturated heterocycles. The van der Waals surface area contributed by atoms with E-state index in [0.717, 1.165) is 16.0 Å². The lowest BCUT2D eigenvalue weighted by Gasteiger charge is -2.30. The van der Waals surface area contributed by atoms with Crippen LogP contribution in [-0.4, -0.2) is 78.1 Å². The molecule has 5 N–H and O–H groups in total. The quantitative estimate of drug-likeness (QED) is 0.0792. The first kappa shape index (κ1) is 42.5. The maximum Gasteiger partial charge on any atom is 0.408 e. The van der Waals surface area contributed by atoms with Crippen molar-refractivity contribution in [2.45, 2.75) is 89.8 Å². The number of nitrogens with two attached hydrogens (primary N) is 1. The van der Waals surface area contributed by atoms with Gasteiger partial charge in [-0.25, -0.2) is 9.59 Å². The average molecular weight is 746 g/mol. The van der Waals surface area contributed by atoms with E-state index in [2.05, 4.69) is 16.0 Å². The first-order valence-corrected chi connectivity index (χ1v) is 17.8. The molecule has 290 valence electrons. The average Bonchev–Trinajstić information content (AvgIpc) is 3.14. The number of amides is 5. The number of hydrogen-bond donors (Lipinski definition) is 4. The zero-order valence-electron chi connectivity index (χ0n) is 31.2. The Morgan fingerprint density at radius 1 is 0.704 bits per heavy atom. The lowest BCUT2D eigenvalue weighted by molar-refractivity contribution is -0.150. The van der Waals surface area contributed by atoms with Gasteiger partial charge in [0.05, 0.1) is 6.42 Å². The van der Waals surface area contributed by atoms with Gasteiger partial charge in [-0.1, -0.05) is 91.0 Å². The molecule has 0 fully saturated rings. The molecule has 0 saturated carbocycles. The van der Waals surface area contributed by atoms with E-state index in [4.69, 9.17) is 19.9 Å². The van der Waals surface area contributed by atoms with Gasteiger partial charge in [-0.2, -0.15) is 0 Å². The molecule has 0 unspecified atom stereocenters. The maximum atomic E-state index is 14.0. The molecule has 14 nitrogen and oxygen atoms in total. The van der Waals surface area contributed by atoms with E-state index in [0.29, 0.717) is 18.4 Å². The second-order valence-corrected chi connectivity index (χ2v) is 13.7. The van der Waals surface area contributed by atoms with Gasteiger partial charge >= 0.3 is 18.2 Å². The van der Waals surface area contributed by atoms with Crippen LogP contribution in [0.2, 0.25) is 0 Å². The summed E-state index contributed by atoms with van der Waals surface area (Å²) in [5, 5.41) is 7.82. The molecule has 0 radical (unpaired) electrons. The highest BCUT2D eigenvalue weighted by molar-refractivity contribution is 5.95. The van der Waals surface area contributed by atoms with Crippen molar-refractivity contribution in [3.63, 3.8) is 0 Å². The smallest absolute Gasteiger partial charge is 0.408 e. The SMILES string of the molecule is CN(C(=O)[C@@H](CC(=O)OCc1ccccc1)NC(=O)[C@H](CCCCNC(=O)OCc1ccccc1)NC(=O)OC(C)(C)C)[C@@H](Cc1ccccc1)C(N)=O. The first-order chi connectivity index (χ1) is 25.7. The number of ether oxygens (including phenoxy) is 3. The molecule has 0 aliphatic carbocycles. The summed E-state index contributed by atoms with van der Waals surface area (Å²) in [5.74, 6) is -3.12. The van der Waals surface area contributed by atoms with E-state index in [1.165, 1.54) is 7.05 Å². The van der Waals surface area contributed by atoms with Crippen LogP contribution in [-0.2, 0) is 53.0 Å². The highest BCUT2D eigenvalue weighted by atomic mass is 16.6. The van der Waals surface area contributed by atoms with Crippen molar-refractivity contribution < 1.29 is 43.0 Å². The van der Waals surface area contributed by atoms with Crippen molar-refractivity contribution in [2.24, 2.45) is 5.73 Å². The number of nitrogens with zero attached hydrogens (tertiary/aromatic N) is 1. The predicted molar refractivity (Wildman–Crippen MR) is 200 cm³/mol. The molecule has 14 heteroatoms. The van der Waals surface area contributed by atoms with Crippen LogP contribution in [0, 0.1) is 0 Å². The number of hydrogen-bond acceptors (Lipinski definition) is 9. The van der Waals surface area contributed by atoms with Gasteiger partial charge in [0.2, 0.25) is 17.7 Å². The topological polar surface area (TPSA) is 195 Å². The van der Waals surface area contributed by atoms with Gasteiger partial charge in [0, 0.05) is 20.0 Å². The van der Waals surface area contributed by atoms with Crippen molar-refractivity contribution in [1.29, 1.82) is 0 Å². The molecular weight excluding hydrogens is 694 g/mol. The summed E-state index contributed by atoms with van der Waals surface area (Å²) in [7, 11) is 1.36. The number of carbonyl (C=O) groups excluding carboxylic acids is 6. The Bertz CT molecular complexity index is 1670. The van der Waals surface area contributed by atoms with Crippen LogP contribution in [0.4, 0.5) is 9.59 Å². The summed E-state index contributed by atoms with van der Waals surface area (Å²) in [5.41, 5.74) is 7.14. The fraction of sp³-hybridized carbons (Fsp3) is 0.400. The van der Waals surface area contributed by atoms with E-state index in [-0.39, 0.29) is 32.6 Å². The van der Waals surface area contributed by atoms with Crippen molar-refractivity contribution in [2.75, 3.05) is 13.6 Å². The number of likely N-dealkylation sites (N-methyl/N-ethyl adjacent to an activating group) is 1. The summed E-state index contributed by atoms with van der Waals surface area (Å²) in [6, 6.07) is 23.3. The third-order valence-electron chi connectivity index (χ3n) is 8.05. The van der Waals surface area contributed by atoms with Gasteiger partial charge in [0.25, 0.3) is 0 Å². The number of esters is 1. The molecule has 0 aliphatic rings. The predicted octanol–water partition coefficient (Wildman–Crippen LogP) is 4.15. The number of rotatable bonds is 19. The van der Waals surface area contributed by atoms with Crippen molar-refractivity contribution in [3.8, 4) is 0 Å². The molecule has 0 spiro atoms. The Kier molecular flexibility index (Phi) is 17.0. The van der Waals surface area contributed by atoms with Gasteiger partial charge in [0.1, 0.15) is 36.9 Å². The summed E-state index contributed by atoms with van der Waals surface area (Å²) in [4.78, 5) is 79.6. The summed E-state index contributed by atoms with van der Waals surface area (Å²) in [6.07, 6.45) is -1.11. The van der Waals surface area contributed by atoms with Gasteiger partial charge in [0.15, 0.2) is 0 Å². The zero-order chi connectivity index (χ0) is 39.5. The van der Waals surface area contributed by atoms with Crippen LogP contribution < -0.4 is 21.7 Å². The van der Waals surface area contributed by atoms with Gasteiger partial charge in [-0.15, -0.1) is 0 Å². The summed E-state index contributed by atoms with van der Waals surface area (Å²) in [6.45, 7) is 5.26. The third kappa shape index (κ3) is 15.8. The van der Waals surface area contributed by atoms with Crippen LogP contribution in [0.3, 0.4) is 0 Å². The van der Waals surface area contributed by atoms with E-state index in [1.807, 2.05) is 42.5 Å².